The van der Waals surface area contributed by atoms with Gasteiger partial charge in [-0.05, 0) is 45.0 Å². The molecule has 0 aliphatic rings. The van der Waals surface area contributed by atoms with Crippen LogP contribution in [0.4, 0.5) is 0 Å². The molecule has 2 aromatic rings. The van der Waals surface area contributed by atoms with Gasteiger partial charge in [-0.1, -0.05) is 27.6 Å². The molecule has 0 saturated carbocycles. The molecule has 0 atom stereocenters. The van der Waals surface area contributed by atoms with E-state index in [1.54, 1.807) is 6.07 Å². The Balaban J connectivity index is 2.69. The SMILES string of the molecule is Cc1ccc(Br)c(-c2ccc(C(=O)O)n2C(C)C)c1. The Morgan fingerprint density at radius 2 is 1.95 bits per heavy atom. The molecule has 0 radical (unpaired) electrons. The van der Waals surface area contributed by atoms with Gasteiger partial charge in [0.05, 0.1) is 5.69 Å². The normalized spacial score (nSPS) is 11.0. The zero-order chi connectivity index (χ0) is 14.2. The number of carboxylic acids is 1. The quantitative estimate of drug-likeness (QED) is 0.904. The van der Waals surface area contributed by atoms with E-state index in [-0.39, 0.29) is 6.04 Å². The maximum absolute atomic E-state index is 11.3. The average molecular weight is 322 g/mol. The lowest BCUT2D eigenvalue weighted by atomic mass is 10.1. The third kappa shape index (κ3) is 2.59. The van der Waals surface area contributed by atoms with Crippen LogP contribution in [0.25, 0.3) is 11.3 Å². The highest BCUT2D eigenvalue weighted by Gasteiger charge is 2.18. The van der Waals surface area contributed by atoms with Crippen molar-refractivity contribution in [1.82, 2.24) is 4.57 Å². The van der Waals surface area contributed by atoms with E-state index in [9.17, 15) is 9.90 Å². The van der Waals surface area contributed by atoms with Crippen molar-refractivity contribution in [3.8, 4) is 11.3 Å². The van der Waals surface area contributed by atoms with Gasteiger partial charge in [0.2, 0.25) is 0 Å². The third-order valence-electron chi connectivity index (χ3n) is 3.05. The Morgan fingerprint density at radius 1 is 1.26 bits per heavy atom. The molecule has 100 valence electrons. The number of aromatic carboxylic acids is 1. The van der Waals surface area contributed by atoms with Crippen LogP contribution in [0, 0.1) is 6.92 Å². The molecule has 0 aliphatic carbocycles. The number of carboxylic acid groups (broad SMARTS) is 1. The molecule has 1 heterocycles. The van der Waals surface area contributed by atoms with E-state index in [0.717, 1.165) is 21.3 Å². The summed E-state index contributed by atoms with van der Waals surface area (Å²) in [6.45, 7) is 6.00. The zero-order valence-electron chi connectivity index (χ0n) is 11.1. The van der Waals surface area contributed by atoms with Crippen molar-refractivity contribution in [1.29, 1.82) is 0 Å². The van der Waals surface area contributed by atoms with Gasteiger partial charge >= 0.3 is 5.97 Å². The van der Waals surface area contributed by atoms with Gasteiger partial charge in [-0.3, -0.25) is 0 Å². The van der Waals surface area contributed by atoms with Crippen LogP contribution in [0.1, 0.15) is 35.9 Å². The maximum atomic E-state index is 11.3. The van der Waals surface area contributed by atoms with Crippen LogP contribution < -0.4 is 0 Å². The molecule has 0 saturated heterocycles. The fraction of sp³-hybridized carbons (Fsp3) is 0.267. The predicted molar refractivity (Wildman–Crippen MR) is 79.6 cm³/mol. The summed E-state index contributed by atoms with van der Waals surface area (Å²) in [5, 5.41) is 9.27. The summed E-state index contributed by atoms with van der Waals surface area (Å²) in [5.41, 5.74) is 3.40. The Hall–Kier alpha value is -1.55. The van der Waals surface area contributed by atoms with Crippen LogP contribution in [-0.4, -0.2) is 15.6 Å². The fourth-order valence-corrected chi connectivity index (χ4v) is 2.68. The van der Waals surface area contributed by atoms with Crippen LogP contribution >= 0.6 is 15.9 Å². The first-order valence-electron chi connectivity index (χ1n) is 6.13. The zero-order valence-corrected chi connectivity index (χ0v) is 12.7. The topological polar surface area (TPSA) is 42.2 Å². The summed E-state index contributed by atoms with van der Waals surface area (Å²) in [4.78, 5) is 11.3. The van der Waals surface area contributed by atoms with Gasteiger partial charge in [0, 0.05) is 16.1 Å². The number of hydrogen-bond donors (Lipinski definition) is 1. The summed E-state index contributed by atoms with van der Waals surface area (Å²) in [6.07, 6.45) is 0. The molecule has 4 heteroatoms. The molecule has 0 spiro atoms. The molecule has 1 aromatic heterocycles. The van der Waals surface area contributed by atoms with Gasteiger partial charge in [-0.25, -0.2) is 4.79 Å². The minimum Gasteiger partial charge on any atom is -0.477 e. The van der Waals surface area contributed by atoms with Gasteiger partial charge in [0.1, 0.15) is 5.69 Å². The Kier molecular flexibility index (Phi) is 3.80. The number of carbonyl (C=O) groups is 1. The van der Waals surface area contributed by atoms with Crippen molar-refractivity contribution in [2.24, 2.45) is 0 Å². The number of halogens is 1. The van der Waals surface area contributed by atoms with Gasteiger partial charge in [0.15, 0.2) is 0 Å². The summed E-state index contributed by atoms with van der Waals surface area (Å²) >= 11 is 3.54. The van der Waals surface area contributed by atoms with E-state index in [1.165, 1.54) is 0 Å². The van der Waals surface area contributed by atoms with Gasteiger partial charge in [-0.15, -0.1) is 0 Å². The second kappa shape index (κ2) is 5.21. The van der Waals surface area contributed by atoms with Crippen molar-refractivity contribution in [2.75, 3.05) is 0 Å². The summed E-state index contributed by atoms with van der Waals surface area (Å²) in [7, 11) is 0. The molecule has 0 amide bonds. The average Bonchev–Trinajstić information content (AvgIpc) is 2.76. The highest BCUT2D eigenvalue weighted by Crippen LogP contribution is 2.32. The molecular weight excluding hydrogens is 306 g/mol. The first-order chi connectivity index (χ1) is 8.91. The molecule has 0 fully saturated rings. The predicted octanol–water partition coefficient (Wildman–Crippen LogP) is 4.51. The minimum absolute atomic E-state index is 0.0866. The lowest BCUT2D eigenvalue weighted by molar-refractivity contribution is 0.0683. The first kappa shape index (κ1) is 13.9. The van der Waals surface area contributed by atoms with Crippen LogP contribution in [0.2, 0.25) is 0 Å². The van der Waals surface area contributed by atoms with E-state index < -0.39 is 5.97 Å². The number of nitrogens with zero attached hydrogens (tertiary/aromatic N) is 1. The lowest BCUT2D eigenvalue weighted by Gasteiger charge is -2.16. The minimum atomic E-state index is -0.899. The standard InChI is InChI=1S/C15H16BrNO2/c1-9(2)17-13(6-7-14(17)15(18)19)11-8-10(3)4-5-12(11)16/h4-9H,1-3H3,(H,18,19). The molecule has 3 nitrogen and oxygen atoms in total. The highest BCUT2D eigenvalue weighted by atomic mass is 79.9. The van der Waals surface area contributed by atoms with Crippen LogP contribution in [0.3, 0.4) is 0 Å². The number of aromatic nitrogens is 1. The van der Waals surface area contributed by atoms with Crippen molar-refractivity contribution < 1.29 is 9.90 Å². The third-order valence-corrected chi connectivity index (χ3v) is 3.74. The number of rotatable bonds is 3. The number of aryl methyl sites for hydroxylation is 1. The van der Waals surface area contributed by atoms with Gasteiger partial charge in [0.25, 0.3) is 0 Å². The molecule has 2 rings (SSSR count). The summed E-state index contributed by atoms with van der Waals surface area (Å²) < 4.78 is 2.82. The number of hydrogen-bond acceptors (Lipinski definition) is 1. The van der Waals surface area contributed by atoms with Crippen LogP contribution in [0.5, 0.6) is 0 Å². The van der Waals surface area contributed by atoms with E-state index in [0.29, 0.717) is 5.69 Å². The van der Waals surface area contributed by atoms with Crippen molar-refractivity contribution in [2.45, 2.75) is 26.8 Å². The first-order valence-corrected chi connectivity index (χ1v) is 6.92. The second-order valence-corrected chi connectivity index (χ2v) is 5.71. The fourth-order valence-electron chi connectivity index (χ4n) is 2.23. The van der Waals surface area contributed by atoms with Crippen molar-refractivity contribution in [3.63, 3.8) is 0 Å². The largest absolute Gasteiger partial charge is 0.477 e. The molecule has 0 unspecified atom stereocenters. The Labute approximate surface area is 121 Å². The van der Waals surface area contributed by atoms with E-state index >= 15 is 0 Å². The van der Waals surface area contributed by atoms with Gasteiger partial charge < -0.3 is 9.67 Å². The van der Waals surface area contributed by atoms with Crippen LogP contribution in [0.15, 0.2) is 34.8 Å². The molecule has 0 aliphatic heterocycles. The molecule has 0 bridgehead atoms. The molecule has 19 heavy (non-hydrogen) atoms. The Bertz CT molecular complexity index is 629. The van der Waals surface area contributed by atoms with Crippen molar-refractivity contribution >= 4 is 21.9 Å². The monoisotopic (exact) mass is 321 g/mol. The summed E-state index contributed by atoms with van der Waals surface area (Å²) in [5.74, 6) is -0.899. The molecular formula is C15H16BrNO2. The second-order valence-electron chi connectivity index (χ2n) is 4.86. The van der Waals surface area contributed by atoms with E-state index in [4.69, 9.17) is 0 Å². The molecule has 1 aromatic carbocycles. The lowest BCUT2D eigenvalue weighted by Crippen LogP contribution is -2.11. The van der Waals surface area contributed by atoms with E-state index in [1.807, 2.05) is 43.5 Å². The highest BCUT2D eigenvalue weighted by molar-refractivity contribution is 9.10. The van der Waals surface area contributed by atoms with Gasteiger partial charge in [-0.2, -0.15) is 0 Å². The summed E-state index contributed by atoms with van der Waals surface area (Å²) in [6, 6.07) is 9.68. The van der Waals surface area contributed by atoms with Crippen LogP contribution in [-0.2, 0) is 0 Å². The van der Waals surface area contributed by atoms with E-state index in [2.05, 4.69) is 22.0 Å². The maximum Gasteiger partial charge on any atom is 0.352 e. The Morgan fingerprint density at radius 3 is 2.53 bits per heavy atom. The number of benzene rings is 1. The smallest absolute Gasteiger partial charge is 0.352 e. The van der Waals surface area contributed by atoms with Crippen molar-refractivity contribution in [3.05, 3.63) is 46.1 Å². The molecule has 1 N–H and O–H groups in total.